The minimum absolute atomic E-state index is 0.0128. The number of allylic oxidation sites excluding steroid dienone is 2. The Balaban J connectivity index is 2.39. The topological polar surface area (TPSA) is 34.1 Å². The molecule has 0 N–H and O–H groups in total. The number of ketones is 2. The van der Waals surface area contributed by atoms with E-state index in [4.69, 9.17) is 0 Å². The van der Waals surface area contributed by atoms with Crippen molar-refractivity contribution in [1.82, 2.24) is 0 Å². The molecule has 4 heteroatoms. The number of halogens is 2. The number of Topliss-reactive ketones (excluding diaryl/α,β-unsaturated/α-hetero) is 1. The Kier molecular flexibility index (Phi) is 5.17. The van der Waals surface area contributed by atoms with E-state index in [9.17, 15) is 18.4 Å². The van der Waals surface area contributed by atoms with Crippen molar-refractivity contribution in [3.63, 3.8) is 0 Å². The van der Waals surface area contributed by atoms with Crippen LogP contribution in [0.1, 0.15) is 46.0 Å². The fourth-order valence-electron chi connectivity index (χ4n) is 2.03. The molecule has 0 aromatic rings. The van der Waals surface area contributed by atoms with E-state index < -0.39 is 11.7 Å². The fourth-order valence-corrected chi connectivity index (χ4v) is 2.03. The third kappa shape index (κ3) is 4.31. The van der Waals surface area contributed by atoms with E-state index in [1.54, 1.807) is 13.0 Å². The summed E-state index contributed by atoms with van der Waals surface area (Å²) in [6.07, 6.45) is 3.99. The molecule has 18 heavy (non-hydrogen) atoms. The average molecular weight is 258 g/mol. The first kappa shape index (κ1) is 15.0. The molecule has 1 rings (SSSR count). The Morgan fingerprint density at radius 2 is 2.22 bits per heavy atom. The van der Waals surface area contributed by atoms with Crippen LogP contribution in [-0.2, 0) is 9.59 Å². The summed E-state index contributed by atoms with van der Waals surface area (Å²) >= 11 is 0. The van der Waals surface area contributed by atoms with Gasteiger partial charge in [-0.25, -0.2) is 0 Å². The van der Waals surface area contributed by atoms with Gasteiger partial charge in [0.05, 0.1) is 0 Å². The van der Waals surface area contributed by atoms with E-state index in [2.05, 4.69) is 0 Å². The molecular weight excluding hydrogens is 238 g/mol. The first-order valence-corrected chi connectivity index (χ1v) is 6.47. The second-order valence-electron chi connectivity index (χ2n) is 5.17. The Morgan fingerprint density at radius 3 is 2.72 bits per heavy atom. The Morgan fingerprint density at radius 1 is 1.56 bits per heavy atom. The Bertz CT molecular complexity index is 348. The number of hydrogen-bond acceptors (Lipinski definition) is 2. The van der Waals surface area contributed by atoms with Crippen molar-refractivity contribution in [1.29, 1.82) is 0 Å². The van der Waals surface area contributed by atoms with Crippen LogP contribution in [0.25, 0.3) is 0 Å². The molecule has 2 nitrogen and oxygen atoms in total. The second-order valence-corrected chi connectivity index (χ2v) is 5.17. The molecular formula is C14H20F2O2. The smallest absolute Gasteiger partial charge is 0.295 e. The molecule has 0 unspecified atom stereocenters. The van der Waals surface area contributed by atoms with E-state index >= 15 is 0 Å². The lowest BCUT2D eigenvalue weighted by Gasteiger charge is -2.19. The summed E-state index contributed by atoms with van der Waals surface area (Å²) in [5.41, 5.74) is 0. The van der Waals surface area contributed by atoms with Crippen LogP contribution in [0.3, 0.4) is 0 Å². The number of carbonyl (C=O) groups excluding carboxylic acids is 2. The zero-order chi connectivity index (χ0) is 13.8. The van der Waals surface area contributed by atoms with Gasteiger partial charge in [0.2, 0.25) is 5.78 Å². The number of hydrogen-bond donors (Lipinski definition) is 0. The van der Waals surface area contributed by atoms with Crippen LogP contribution in [0.4, 0.5) is 8.78 Å². The molecule has 1 aliphatic carbocycles. The maximum absolute atomic E-state index is 13.6. The summed E-state index contributed by atoms with van der Waals surface area (Å²) in [5, 5.41) is 0. The molecule has 102 valence electrons. The van der Waals surface area contributed by atoms with Crippen LogP contribution in [-0.4, -0.2) is 17.5 Å². The van der Waals surface area contributed by atoms with Crippen molar-refractivity contribution < 1.29 is 18.4 Å². The van der Waals surface area contributed by atoms with Gasteiger partial charge in [-0.2, -0.15) is 8.78 Å². The molecule has 2 atom stereocenters. The van der Waals surface area contributed by atoms with Crippen molar-refractivity contribution in [3.8, 4) is 0 Å². The highest BCUT2D eigenvalue weighted by molar-refractivity contribution is 5.92. The van der Waals surface area contributed by atoms with Crippen molar-refractivity contribution in [3.05, 3.63) is 12.2 Å². The fraction of sp³-hybridized carbons (Fsp3) is 0.714. The van der Waals surface area contributed by atoms with Gasteiger partial charge in [0.1, 0.15) is 0 Å². The molecule has 0 fully saturated rings. The van der Waals surface area contributed by atoms with Crippen LogP contribution in [0.15, 0.2) is 12.2 Å². The van der Waals surface area contributed by atoms with Crippen LogP contribution in [0, 0.1) is 11.8 Å². The summed E-state index contributed by atoms with van der Waals surface area (Å²) in [6, 6.07) is 0. The van der Waals surface area contributed by atoms with E-state index in [0.29, 0.717) is 19.3 Å². The lowest BCUT2D eigenvalue weighted by molar-refractivity contribution is -0.145. The van der Waals surface area contributed by atoms with Gasteiger partial charge in [0.15, 0.2) is 5.78 Å². The zero-order valence-electron chi connectivity index (χ0n) is 10.9. The Hall–Kier alpha value is -1.06. The summed E-state index contributed by atoms with van der Waals surface area (Å²) in [7, 11) is 0. The van der Waals surface area contributed by atoms with Gasteiger partial charge in [-0.3, -0.25) is 9.59 Å². The standard InChI is InChI=1S/C14H20F2O2/c1-3-10(2)9-14(15,16)13(18)7-5-11-4-6-12(17)8-11/h4,6,10-11H,3,5,7-9H2,1-2H3/t10-,11-/m1/s1. The van der Waals surface area contributed by atoms with Crippen molar-refractivity contribution >= 4 is 11.6 Å². The molecule has 0 saturated carbocycles. The summed E-state index contributed by atoms with van der Waals surface area (Å²) in [4.78, 5) is 22.5. The summed E-state index contributed by atoms with van der Waals surface area (Å²) in [5.74, 6) is -4.39. The second kappa shape index (κ2) is 6.21. The van der Waals surface area contributed by atoms with E-state index in [1.807, 2.05) is 6.92 Å². The lowest BCUT2D eigenvalue weighted by Crippen LogP contribution is -2.30. The van der Waals surface area contributed by atoms with Crippen LogP contribution >= 0.6 is 0 Å². The van der Waals surface area contributed by atoms with Gasteiger partial charge in [-0.15, -0.1) is 0 Å². The number of carbonyl (C=O) groups is 2. The van der Waals surface area contributed by atoms with Crippen molar-refractivity contribution in [2.45, 2.75) is 51.9 Å². The molecule has 0 heterocycles. The first-order valence-electron chi connectivity index (χ1n) is 6.47. The zero-order valence-corrected chi connectivity index (χ0v) is 10.9. The first-order chi connectivity index (χ1) is 8.35. The average Bonchev–Trinajstić information content (AvgIpc) is 2.71. The molecule has 0 radical (unpaired) electrons. The van der Waals surface area contributed by atoms with Gasteiger partial charge in [0.25, 0.3) is 0 Å². The number of rotatable bonds is 7. The van der Waals surface area contributed by atoms with Crippen LogP contribution in [0.2, 0.25) is 0 Å². The van der Waals surface area contributed by atoms with Gasteiger partial charge in [-0.1, -0.05) is 26.3 Å². The maximum Gasteiger partial charge on any atom is 0.305 e. The quantitative estimate of drug-likeness (QED) is 0.699. The molecule has 0 aromatic heterocycles. The largest absolute Gasteiger partial charge is 0.305 e. The molecule has 0 bridgehead atoms. The van der Waals surface area contributed by atoms with Crippen LogP contribution < -0.4 is 0 Å². The molecule has 0 spiro atoms. The molecule has 1 aliphatic rings. The van der Waals surface area contributed by atoms with Crippen LogP contribution in [0.5, 0.6) is 0 Å². The SMILES string of the molecule is CC[C@@H](C)CC(F)(F)C(=O)CC[C@H]1C=CC(=O)C1. The highest BCUT2D eigenvalue weighted by Crippen LogP contribution is 2.29. The van der Waals surface area contributed by atoms with Gasteiger partial charge >= 0.3 is 5.92 Å². The minimum Gasteiger partial charge on any atom is -0.295 e. The highest BCUT2D eigenvalue weighted by atomic mass is 19.3. The van der Waals surface area contributed by atoms with Crippen molar-refractivity contribution in [2.75, 3.05) is 0 Å². The molecule has 0 aromatic carbocycles. The van der Waals surface area contributed by atoms with Gasteiger partial charge < -0.3 is 0 Å². The minimum atomic E-state index is -3.22. The van der Waals surface area contributed by atoms with Crippen molar-refractivity contribution in [2.24, 2.45) is 11.8 Å². The van der Waals surface area contributed by atoms with Gasteiger partial charge in [0, 0.05) is 19.3 Å². The molecule has 0 aliphatic heterocycles. The molecule has 0 amide bonds. The normalized spacial score (nSPS) is 21.3. The lowest BCUT2D eigenvalue weighted by atomic mass is 9.93. The third-order valence-electron chi connectivity index (χ3n) is 3.47. The Labute approximate surface area is 106 Å². The van der Waals surface area contributed by atoms with E-state index in [-0.39, 0.29) is 30.5 Å². The monoisotopic (exact) mass is 258 g/mol. The highest BCUT2D eigenvalue weighted by Gasteiger charge is 2.38. The predicted molar refractivity (Wildman–Crippen MR) is 65.5 cm³/mol. The molecule has 0 saturated heterocycles. The maximum atomic E-state index is 13.6. The third-order valence-corrected chi connectivity index (χ3v) is 3.47. The summed E-state index contributed by atoms with van der Waals surface area (Å²) < 4.78 is 27.1. The predicted octanol–water partition coefficient (Wildman–Crippen LogP) is 3.55. The summed E-state index contributed by atoms with van der Waals surface area (Å²) in [6.45, 7) is 3.56. The van der Waals surface area contributed by atoms with E-state index in [0.717, 1.165) is 0 Å². The number of alkyl halides is 2. The van der Waals surface area contributed by atoms with E-state index in [1.165, 1.54) is 6.08 Å². The van der Waals surface area contributed by atoms with Gasteiger partial charge in [-0.05, 0) is 24.3 Å².